The smallest absolute Gasteiger partial charge is 0.270 e. The number of ether oxygens (including phenoxy) is 2. The lowest BCUT2D eigenvalue weighted by Gasteiger charge is -2.31. The highest BCUT2D eigenvalue weighted by Crippen LogP contribution is 2.32. The van der Waals surface area contributed by atoms with Gasteiger partial charge in [0.2, 0.25) is 0 Å². The summed E-state index contributed by atoms with van der Waals surface area (Å²) in [5.41, 5.74) is 1.34. The Morgan fingerprint density at radius 2 is 1.77 bits per heavy atom. The molecule has 4 rings (SSSR count). The standard InChI is InChI=1S/C20H22N2O4/c1-21-8-2-3-16(21)20(24)22-9-6-14(7-10-22)19(23)15-4-5-17-18(13-15)26-12-11-25-17/h2-5,8,13-14H,6-7,9-12H2,1H3. The van der Waals surface area contributed by atoms with Crippen LogP contribution in [0.1, 0.15) is 33.7 Å². The number of aryl methyl sites for hydroxylation is 1. The van der Waals surface area contributed by atoms with Crippen LogP contribution in [0.4, 0.5) is 0 Å². The number of likely N-dealkylation sites (tertiary alicyclic amines) is 1. The number of rotatable bonds is 3. The molecule has 1 saturated heterocycles. The Hall–Kier alpha value is -2.76. The number of carbonyl (C=O) groups is 2. The van der Waals surface area contributed by atoms with E-state index in [2.05, 4.69) is 0 Å². The van der Waals surface area contributed by atoms with Gasteiger partial charge in [0.1, 0.15) is 18.9 Å². The van der Waals surface area contributed by atoms with Gasteiger partial charge >= 0.3 is 0 Å². The summed E-state index contributed by atoms with van der Waals surface area (Å²) >= 11 is 0. The van der Waals surface area contributed by atoms with E-state index in [0.717, 1.165) is 0 Å². The van der Waals surface area contributed by atoms with Crippen molar-refractivity contribution in [3.63, 3.8) is 0 Å². The minimum Gasteiger partial charge on any atom is -0.486 e. The molecule has 3 heterocycles. The van der Waals surface area contributed by atoms with Crippen molar-refractivity contribution in [1.29, 1.82) is 0 Å². The van der Waals surface area contributed by atoms with Crippen molar-refractivity contribution in [2.24, 2.45) is 13.0 Å². The van der Waals surface area contributed by atoms with E-state index in [9.17, 15) is 9.59 Å². The molecule has 6 nitrogen and oxygen atoms in total. The number of nitrogens with zero attached hydrogens (tertiary/aromatic N) is 2. The van der Waals surface area contributed by atoms with Gasteiger partial charge in [0.25, 0.3) is 5.91 Å². The molecule has 2 aromatic rings. The van der Waals surface area contributed by atoms with E-state index in [1.165, 1.54) is 0 Å². The first-order chi connectivity index (χ1) is 12.6. The van der Waals surface area contributed by atoms with Crippen LogP contribution in [-0.2, 0) is 7.05 Å². The Kier molecular flexibility index (Phi) is 4.41. The van der Waals surface area contributed by atoms with Crippen molar-refractivity contribution in [3.05, 3.63) is 47.8 Å². The molecular formula is C20H22N2O4. The number of fused-ring (bicyclic) bond motifs is 1. The van der Waals surface area contributed by atoms with E-state index >= 15 is 0 Å². The molecular weight excluding hydrogens is 332 g/mol. The highest BCUT2D eigenvalue weighted by molar-refractivity contribution is 5.99. The molecule has 0 N–H and O–H groups in total. The van der Waals surface area contributed by atoms with Crippen LogP contribution in [0.15, 0.2) is 36.5 Å². The summed E-state index contributed by atoms with van der Waals surface area (Å²) in [5, 5.41) is 0. The highest BCUT2D eigenvalue weighted by atomic mass is 16.6. The van der Waals surface area contributed by atoms with Gasteiger partial charge in [-0.3, -0.25) is 9.59 Å². The average molecular weight is 354 g/mol. The van der Waals surface area contributed by atoms with Gasteiger partial charge < -0.3 is 18.9 Å². The summed E-state index contributed by atoms with van der Waals surface area (Å²) in [5.74, 6) is 1.42. The fraction of sp³-hybridized carbons (Fsp3) is 0.400. The quantitative estimate of drug-likeness (QED) is 0.795. The molecule has 0 bridgehead atoms. The number of ketones is 1. The first-order valence-electron chi connectivity index (χ1n) is 8.98. The third-order valence-electron chi connectivity index (χ3n) is 5.14. The van der Waals surface area contributed by atoms with Crippen molar-refractivity contribution in [1.82, 2.24) is 9.47 Å². The van der Waals surface area contributed by atoms with E-state index in [1.54, 1.807) is 18.2 Å². The second-order valence-electron chi connectivity index (χ2n) is 6.79. The first-order valence-corrected chi connectivity index (χ1v) is 8.98. The number of aromatic nitrogens is 1. The molecule has 0 spiro atoms. The Labute approximate surface area is 152 Å². The number of amides is 1. The summed E-state index contributed by atoms with van der Waals surface area (Å²) in [7, 11) is 1.87. The molecule has 0 radical (unpaired) electrons. The Morgan fingerprint density at radius 3 is 2.46 bits per heavy atom. The van der Waals surface area contributed by atoms with E-state index in [0.29, 0.717) is 61.9 Å². The normalized spacial score (nSPS) is 17.2. The molecule has 0 aliphatic carbocycles. The Balaban J connectivity index is 1.41. The number of Topliss-reactive ketones (excluding diaryl/α,β-unsaturated/α-hetero) is 1. The lowest BCUT2D eigenvalue weighted by molar-refractivity contribution is 0.0642. The van der Waals surface area contributed by atoms with Crippen molar-refractivity contribution in [2.75, 3.05) is 26.3 Å². The minimum absolute atomic E-state index is 0.0303. The van der Waals surface area contributed by atoms with Gasteiger partial charge in [-0.1, -0.05) is 0 Å². The summed E-state index contributed by atoms with van der Waals surface area (Å²) in [6, 6.07) is 9.07. The van der Waals surface area contributed by atoms with Gasteiger partial charge in [-0.05, 0) is 43.2 Å². The monoisotopic (exact) mass is 354 g/mol. The molecule has 2 aliphatic rings. The molecule has 1 fully saturated rings. The van der Waals surface area contributed by atoms with E-state index in [-0.39, 0.29) is 17.6 Å². The summed E-state index contributed by atoms with van der Waals surface area (Å²) in [6.45, 7) is 2.24. The summed E-state index contributed by atoms with van der Waals surface area (Å²) in [4.78, 5) is 27.3. The number of hydrogen-bond acceptors (Lipinski definition) is 4. The molecule has 0 atom stereocenters. The van der Waals surface area contributed by atoms with Gasteiger partial charge in [-0.15, -0.1) is 0 Å². The van der Waals surface area contributed by atoms with Gasteiger partial charge in [-0.25, -0.2) is 0 Å². The van der Waals surface area contributed by atoms with Crippen LogP contribution in [0.5, 0.6) is 11.5 Å². The lowest BCUT2D eigenvalue weighted by Crippen LogP contribution is -2.40. The third-order valence-corrected chi connectivity index (χ3v) is 5.14. The zero-order chi connectivity index (χ0) is 18.1. The van der Waals surface area contributed by atoms with Gasteiger partial charge in [-0.2, -0.15) is 0 Å². The second-order valence-corrected chi connectivity index (χ2v) is 6.79. The SMILES string of the molecule is Cn1cccc1C(=O)N1CCC(C(=O)c2ccc3c(c2)OCCO3)CC1. The molecule has 1 aromatic heterocycles. The molecule has 6 heteroatoms. The number of hydrogen-bond donors (Lipinski definition) is 0. The fourth-order valence-corrected chi connectivity index (χ4v) is 3.62. The maximum atomic E-state index is 12.8. The molecule has 0 saturated carbocycles. The largest absolute Gasteiger partial charge is 0.486 e. The van der Waals surface area contributed by atoms with E-state index in [4.69, 9.17) is 9.47 Å². The van der Waals surface area contributed by atoms with Crippen molar-refractivity contribution in [3.8, 4) is 11.5 Å². The van der Waals surface area contributed by atoms with Crippen LogP contribution in [0, 0.1) is 5.92 Å². The molecule has 1 amide bonds. The lowest BCUT2D eigenvalue weighted by atomic mass is 9.88. The number of piperidine rings is 1. The van der Waals surface area contributed by atoms with Crippen LogP contribution in [0.3, 0.4) is 0 Å². The van der Waals surface area contributed by atoms with Gasteiger partial charge in [0, 0.05) is 37.8 Å². The summed E-state index contributed by atoms with van der Waals surface area (Å²) < 4.78 is 12.9. The van der Waals surface area contributed by atoms with Crippen LogP contribution in [-0.4, -0.2) is 47.5 Å². The maximum Gasteiger partial charge on any atom is 0.270 e. The minimum atomic E-state index is -0.0602. The molecule has 1 aromatic carbocycles. The number of benzene rings is 1. The van der Waals surface area contributed by atoms with Crippen molar-refractivity contribution in [2.45, 2.75) is 12.8 Å². The van der Waals surface area contributed by atoms with E-state index < -0.39 is 0 Å². The zero-order valence-corrected chi connectivity index (χ0v) is 14.8. The molecule has 2 aliphatic heterocycles. The molecule has 26 heavy (non-hydrogen) atoms. The topological polar surface area (TPSA) is 60.8 Å². The Bertz CT molecular complexity index is 834. The second kappa shape index (κ2) is 6.86. The van der Waals surface area contributed by atoms with Gasteiger partial charge in [0.05, 0.1) is 0 Å². The summed E-state index contributed by atoms with van der Waals surface area (Å²) in [6.07, 6.45) is 3.23. The third kappa shape index (κ3) is 3.07. The molecule has 0 unspecified atom stereocenters. The van der Waals surface area contributed by atoms with Crippen molar-refractivity contribution < 1.29 is 19.1 Å². The predicted octanol–water partition coefficient (Wildman–Crippen LogP) is 2.53. The van der Waals surface area contributed by atoms with E-state index in [1.807, 2.05) is 34.8 Å². The van der Waals surface area contributed by atoms with Crippen LogP contribution >= 0.6 is 0 Å². The molecule has 136 valence electrons. The predicted molar refractivity (Wildman–Crippen MR) is 95.8 cm³/mol. The fourth-order valence-electron chi connectivity index (χ4n) is 3.62. The first kappa shape index (κ1) is 16.7. The highest BCUT2D eigenvalue weighted by Gasteiger charge is 2.29. The van der Waals surface area contributed by atoms with Crippen LogP contribution < -0.4 is 9.47 Å². The van der Waals surface area contributed by atoms with Crippen LogP contribution in [0.2, 0.25) is 0 Å². The van der Waals surface area contributed by atoms with Crippen LogP contribution in [0.25, 0.3) is 0 Å². The maximum absolute atomic E-state index is 12.8. The zero-order valence-electron chi connectivity index (χ0n) is 14.8. The Morgan fingerprint density at radius 1 is 1.04 bits per heavy atom. The average Bonchev–Trinajstić information content (AvgIpc) is 3.12. The van der Waals surface area contributed by atoms with Crippen molar-refractivity contribution >= 4 is 11.7 Å². The van der Waals surface area contributed by atoms with Gasteiger partial charge in [0.15, 0.2) is 17.3 Å². The number of carbonyl (C=O) groups excluding carboxylic acids is 2.